The zero-order valence-electron chi connectivity index (χ0n) is 5.87. The molecule has 0 heterocycles. The van der Waals surface area contributed by atoms with Crippen LogP contribution in [0.25, 0.3) is 0 Å². The maximum absolute atomic E-state index is 10.7. The molecule has 0 bridgehead atoms. The number of ether oxygens (including phenoxy) is 1. The van der Waals surface area contributed by atoms with Crippen LogP contribution in [-0.4, -0.2) is 19.1 Å². The van der Waals surface area contributed by atoms with Crippen molar-refractivity contribution in [1.82, 2.24) is 0 Å². The van der Waals surface area contributed by atoms with Gasteiger partial charge in [0.2, 0.25) is 0 Å². The van der Waals surface area contributed by atoms with Crippen LogP contribution in [0.1, 0.15) is 12.8 Å². The third-order valence-corrected chi connectivity index (χ3v) is 1.71. The van der Waals surface area contributed by atoms with Crippen molar-refractivity contribution < 1.29 is 9.53 Å². The smallest absolute Gasteiger partial charge is 0.308 e. The number of carbonyl (C=O) groups excluding carboxylic acids is 1. The van der Waals surface area contributed by atoms with Gasteiger partial charge in [0.1, 0.15) is 0 Å². The molecule has 4 heteroatoms. The van der Waals surface area contributed by atoms with Crippen LogP contribution in [-0.2, 0) is 9.53 Å². The highest BCUT2D eigenvalue weighted by molar-refractivity contribution is 5.85. The molecule has 10 heavy (non-hydrogen) atoms. The summed E-state index contributed by atoms with van der Waals surface area (Å²) in [4.78, 5) is 10.7. The topological polar surface area (TPSA) is 52.3 Å². The molecule has 1 rings (SSSR count). The lowest BCUT2D eigenvalue weighted by molar-refractivity contribution is -0.148. The van der Waals surface area contributed by atoms with E-state index in [1.807, 2.05) is 0 Å². The first-order valence-electron chi connectivity index (χ1n) is 3.07. The molecule has 0 amide bonds. The Kier molecular flexibility index (Phi) is 3.68. The van der Waals surface area contributed by atoms with Gasteiger partial charge in [0.05, 0.1) is 13.0 Å². The van der Waals surface area contributed by atoms with Gasteiger partial charge in [-0.05, 0) is 12.8 Å². The van der Waals surface area contributed by atoms with Crippen molar-refractivity contribution in [2.75, 3.05) is 7.11 Å². The molecule has 0 aliphatic heterocycles. The monoisotopic (exact) mass is 165 g/mol. The first kappa shape index (κ1) is 9.72. The van der Waals surface area contributed by atoms with E-state index < -0.39 is 0 Å². The molecular formula is C6H12ClNO2. The second kappa shape index (κ2) is 3.78. The number of rotatable bonds is 1. The van der Waals surface area contributed by atoms with Crippen molar-refractivity contribution in [2.24, 2.45) is 11.7 Å². The van der Waals surface area contributed by atoms with Crippen molar-refractivity contribution >= 4 is 18.4 Å². The molecule has 0 aromatic heterocycles. The second-order valence-electron chi connectivity index (χ2n) is 2.45. The molecule has 0 unspecified atom stereocenters. The molecule has 2 N–H and O–H groups in total. The van der Waals surface area contributed by atoms with Gasteiger partial charge in [-0.1, -0.05) is 0 Å². The molecule has 3 nitrogen and oxygen atoms in total. The van der Waals surface area contributed by atoms with E-state index >= 15 is 0 Å². The number of carbonyl (C=O) groups is 1. The van der Waals surface area contributed by atoms with Gasteiger partial charge in [0, 0.05) is 6.04 Å². The van der Waals surface area contributed by atoms with Crippen molar-refractivity contribution in [3.05, 3.63) is 0 Å². The van der Waals surface area contributed by atoms with Crippen molar-refractivity contribution in [3.63, 3.8) is 0 Å². The minimum Gasteiger partial charge on any atom is -0.469 e. The van der Waals surface area contributed by atoms with Crippen LogP contribution in [0.3, 0.4) is 0 Å². The Morgan fingerprint density at radius 1 is 1.60 bits per heavy atom. The fourth-order valence-electron chi connectivity index (χ4n) is 1.02. The number of hydrogen-bond acceptors (Lipinski definition) is 3. The van der Waals surface area contributed by atoms with E-state index in [0.29, 0.717) is 0 Å². The zero-order chi connectivity index (χ0) is 6.85. The summed E-state index contributed by atoms with van der Waals surface area (Å²) in [5.41, 5.74) is 5.45. The summed E-state index contributed by atoms with van der Waals surface area (Å²) in [5.74, 6) is -0.0262. The standard InChI is InChI=1S/C6H11NO2.ClH/c1-9-6(8)4-2-5(7)3-4;/h4-5H,2-3,7H2,1H3;1H/t4-,5+;. The zero-order valence-corrected chi connectivity index (χ0v) is 6.69. The van der Waals surface area contributed by atoms with Gasteiger partial charge in [-0.3, -0.25) is 4.79 Å². The number of hydrogen-bond donors (Lipinski definition) is 1. The predicted octanol–water partition coefficient (Wildman–Crippen LogP) is 0.318. The summed E-state index contributed by atoms with van der Waals surface area (Å²) in [6.07, 6.45) is 1.60. The average Bonchev–Trinajstić information content (AvgIpc) is 1.79. The highest BCUT2D eigenvalue weighted by atomic mass is 35.5. The Morgan fingerprint density at radius 3 is 2.40 bits per heavy atom. The lowest BCUT2D eigenvalue weighted by Gasteiger charge is -2.29. The second-order valence-corrected chi connectivity index (χ2v) is 2.45. The number of methoxy groups -OCH3 is 1. The van der Waals surface area contributed by atoms with Crippen molar-refractivity contribution in [2.45, 2.75) is 18.9 Å². The quantitative estimate of drug-likeness (QED) is 0.570. The molecule has 0 radical (unpaired) electrons. The van der Waals surface area contributed by atoms with Gasteiger partial charge in [-0.2, -0.15) is 0 Å². The van der Waals surface area contributed by atoms with Crippen LogP contribution in [0.5, 0.6) is 0 Å². The van der Waals surface area contributed by atoms with Crippen LogP contribution in [0.4, 0.5) is 0 Å². The van der Waals surface area contributed by atoms with Crippen LogP contribution < -0.4 is 5.73 Å². The van der Waals surface area contributed by atoms with E-state index in [0.717, 1.165) is 12.8 Å². The third kappa shape index (κ3) is 1.85. The molecular weight excluding hydrogens is 154 g/mol. The van der Waals surface area contributed by atoms with Crippen LogP contribution >= 0.6 is 12.4 Å². The van der Waals surface area contributed by atoms with E-state index in [1.54, 1.807) is 0 Å². The Morgan fingerprint density at radius 2 is 2.10 bits per heavy atom. The van der Waals surface area contributed by atoms with Gasteiger partial charge in [-0.25, -0.2) is 0 Å². The van der Waals surface area contributed by atoms with E-state index in [-0.39, 0.29) is 30.3 Å². The SMILES string of the molecule is COC(=O)[C@H]1C[C@@H](N)C1.Cl. The summed E-state index contributed by atoms with van der Waals surface area (Å²) in [6, 6.07) is 0.231. The summed E-state index contributed by atoms with van der Waals surface area (Å²) in [6.45, 7) is 0. The summed E-state index contributed by atoms with van der Waals surface area (Å²) < 4.78 is 4.51. The fraction of sp³-hybridized carbons (Fsp3) is 0.833. The maximum atomic E-state index is 10.7. The minimum absolute atomic E-state index is 0. The highest BCUT2D eigenvalue weighted by Gasteiger charge is 2.32. The Labute approximate surface area is 66.3 Å². The van der Waals surface area contributed by atoms with Crippen LogP contribution in [0, 0.1) is 5.92 Å². The lowest BCUT2D eigenvalue weighted by Crippen LogP contribution is -2.40. The molecule has 1 saturated carbocycles. The van der Waals surface area contributed by atoms with Gasteiger partial charge < -0.3 is 10.5 Å². The van der Waals surface area contributed by atoms with Gasteiger partial charge in [0.15, 0.2) is 0 Å². The molecule has 1 fully saturated rings. The third-order valence-electron chi connectivity index (χ3n) is 1.71. The summed E-state index contributed by atoms with van der Waals surface area (Å²) >= 11 is 0. The van der Waals surface area contributed by atoms with Crippen LogP contribution in [0.2, 0.25) is 0 Å². The van der Waals surface area contributed by atoms with E-state index in [2.05, 4.69) is 4.74 Å². The largest absolute Gasteiger partial charge is 0.469 e. The normalized spacial score (nSPS) is 29.8. The van der Waals surface area contributed by atoms with E-state index in [4.69, 9.17) is 5.73 Å². The molecule has 0 spiro atoms. The summed E-state index contributed by atoms with van der Waals surface area (Å²) in [7, 11) is 1.41. The molecule has 0 aromatic carbocycles. The predicted molar refractivity (Wildman–Crippen MR) is 40.0 cm³/mol. The number of nitrogens with two attached hydrogens (primary N) is 1. The number of esters is 1. The van der Waals surface area contributed by atoms with E-state index in [1.165, 1.54) is 7.11 Å². The van der Waals surface area contributed by atoms with Gasteiger partial charge >= 0.3 is 5.97 Å². The van der Waals surface area contributed by atoms with Gasteiger partial charge in [0.25, 0.3) is 0 Å². The molecule has 1 aliphatic rings. The molecule has 0 atom stereocenters. The lowest BCUT2D eigenvalue weighted by atomic mass is 9.81. The molecule has 0 aromatic rings. The van der Waals surface area contributed by atoms with E-state index in [9.17, 15) is 4.79 Å². The molecule has 1 aliphatic carbocycles. The number of halogens is 1. The molecule has 0 saturated heterocycles. The highest BCUT2D eigenvalue weighted by Crippen LogP contribution is 2.26. The minimum atomic E-state index is -0.114. The Bertz CT molecular complexity index is 123. The first-order chi connectivity index (χ1) is 4.24. The van der Waals surface area contributed by atoms with Gasteiger partial charge in [-0.15, -0.1) is 12.4 Å². The Hall–Kier alpha value is -0.280. The van der Waals surface area contributed by atoms with Crippen molar-refractivity contribution in [1.29, 1.82) is 0 Å². The maximum Gasteiger partial charge on any atom is 0.308 e. The van der Waals surface area contributed by atoms with Crippen LogP contribution in [0.15, 0.2) is 0 Å². The van der Waals surface area contributed by atoms with Crippen molar-refractivity contribution in [3.8, 4) is 0 Å². The summed E-state index contributed by atoms with van der Waals surface area (Å²) in [5, 5.41) is 0. The fourth-order valence-corrected chi connectivity index (χ4v) is 1.02. The Balaban J connectivity index is 0.000000810. The molecule has 60 valence electrons. The first-order valence-corrected chi connectivity index (χ1v) is 3.07. The average molecular weight is 166 g/mol.